The highest BCUT2D eigenvalue weighted by atomic mass is 16.4. The summed E-state index contributed by atoms with van der Waals surface area (Å²) in [5.74, 6) is -1.11. The predicted molar refractivity (Wildman–Crippen MR) is 76.7 cm³/mol. The molecule has 0 amide bonds. The van der Waals surface area contributed by atoms with E-state index < -0.39 is 5.97 Å². The lowest BCUT2D eigenvalue weighted by Gasteiger charge is -2.08. The first kappa shape index (κ1) is 16.2. The van der Waals surface area contributed by atoms with Crippen molar-refractivity contribution in [3.05, 3.63) is 42.1 Å². The fourth-order valence-corrected chi connectivity index (χ4v) is 1.41. The van der Waals surface area contributed by atoms with Crippen molar-refractivity contribution >= 4 is 11.7 Å². The van der Waals surface area contributed by atoms with E-state index >= 15 is 0 Å². The van der Waals surface area contributed by atoms with Crippen molar-refractivity contribution in [1.29, 1.82) is 0 Å². The fourth-order valence-electron chi connectivity index (χ4n) is 1.41. The number of benzene rings is 1. The number of carboxylic acid groups (broad SMARTS) is 1. The molecular formula is C15H23NO2. The molecule has 2 N–H and O–H groups in total. The van der Waals surface area contributed by atoms with Crippen LogP contribution in [-0.2, 0) is 11.2 Å². The molecule has 0 fully saturated rings. The third-order valence-electron chi connectivity index (χ3n) is 2.28. The monoisotopic (exact) mass is 249 g/mol. The summed E-state index contributed by atoms with van der Waals surface area (Å²) in [5, 5.41) is 11.9. The Morgan fingerprint density at radius 3 is 2.22 bits per heavy atom. The number of hydrogen-bond acceptors (Lipinski definition) is 2. The number of nitrogens with one attached hydrogen (secondary N) is 1. The standard InChI is InChI=1S/C13H17NO2.C2H6/c1-9(2)14-12-6-4-11(5-7-12)8-10(3)13(15)16;1-2/h4-7,10,14H,1,8H2,2-3H3,(H,15,16);1-2H3. The molecule has 3 nitrogen and oxygen atoms in total. The topological polar surface area (TPSA) is 49.3 Å². The van der Waals surface area contributed by atoms with Crippen LogP contribution in [0.3, 0.4) is 0 Å². The summed E-state index contributed by atoms with van der Waals surface area (Å²) in [6.07, 6.45) is 0.558. The van der Waals surface area contributed by atoms with E-state index in [9.17, 15) is 4.79 Å². The van der Waals surface area contributed by atoms with Crippen molar-refractivity contribution in [1.82, 2.24) is 0 Å². The molecular weight excluding hydrogens is 226 g/mol. The van der Waals surface area contributed by atoms with Gasteiger partial charge in [0.15, 0.2) is 0 Å². The Bertz CT molecular complexity index is 382. The maximum atomic E-state index is 10.7. The van der Waals surface area contributed by atoms with Gasteiger partial charge in [0.25, 0.3) is 0 Å². The highest BCUT2D eigenvalue weighted by molar-refractivity contribution is 5.69. The number of allylic oxidation sites excluding steroid dienone is 1. The van der Waals surface area contributed by atoms with Gasteiger partial charge in [-0.05, 0) is 31.0 Å². The van der Waals surface area contributed by atoms with Crippen molar-refractivity contribution in [2.24, 2.45) is 5.92 Å². The van der Waals surface area contributed by atoms with Crippen molar-refractivity contribution in [3.63, 3.8) is 0 Å². The van der Waals surface area contributed by atoms with E-state index in [1.807, 2.05) is 45.0 Å². The normalized spacial score (nSPS) is 10.9. The van der Waals surface area contributed by atoms with Crippen LogP contribution in [0.1, 0.15) is 33.3 Å². The second-order valence-electron chi connectivity index (χ2n) is 4.05. The van der Waals surface area contributed by atoms with Crippen LogP contribution in [0.4, 0.5) is 5.69 Å². The average Bonchev–Trinajstić information content (AvgIpc) is 2.33. The first-order valence-electron chi connectivity index (χ1n) is 6.23. The Balaban J connectivity index is 0.00000137. The van der Waals surface area contributed by atoms with Gasteiger partial charge in [-0.1, -0.05) is 39.5 Å². The molecule has 0 radical (unpaired) electrons. The van der Waals surface area contributed by atoms with Crippen LogP contribution in [0, 0.1) is 5.92 Å². The predicted octanol–water partition coefficient (Wildman–Crippen LogP) is 3.92. The Kier molecular flexibility index (Phi) is 7.52. The van der Waals surface area contributed by atoms with Gasteiger partial charge in [-0.15, -0.1) is 0 Å². The molecule has 0 heterocycles. The zero-order valence-electron chi connectivity index (χ0n) is 11.7. The Morgan fingerprint density at radius 1 is 1.33 bits per heavy atom. The van der Waals surface area contributed by atoms with E-state index in [1.54, 1.807) is 6.92 Å². The Hall–Kier alpha value is -1.77. The van der Waals surface area contributed by atoms with Gasteiger partial charge in [0.1, 0.15) is 0 Å². The third kappa shape index (κ3) is 6.09. The zero-order valence-corrected chi connectivity index (χ0v) is 11.7. The Morgan fingerprint density at radius 2 is 1.83 bits per heavy atom. The van der Waals surface area contributed by atoms with E-state index in [4.69, 9.17) is 5.11 Å². The van der Waals surface area contributed by atoms with Crippen LogP contribution in [0.2, 0.25) is 0 Å². The van der Waals surface area contributed by atoms with Crippen LogP contribution >= 0.6 is 0 Å². The molecule has 1 rings (SSSR count). The van der Waals surface area contributed by atoms with Crippen LogP contribution in [0.25, 0.3) is 0 Å². The van der Waals surface area contributed by atoms with Crippen LogP contribution < -0.4 is 5.32 Å². The maximum Gasteiger partial charge on any atom is 0.306 e. The van der Waals surface area contributed by atoms with Crippen molar-refractivity contribution in [2.75, 3.05) is 5.32 Å². The minimum atomic E-state index is -0.760. The number of rotatable bonds is 5. The van der Waals surface area contributed by atoms with Crippen molar-refractivity contribution in [3.8, 4) is 0 Å². The number of hydrogen-bond donors (Lipinski definition) is 2. The van der Waals surface area contributed by atoms with E-state index in [0.717, 1.165) is 16.9 Å². The highest BCUT2D eigenvalue weighted by Gasteiger charge is 2.11. The summed E-state index contributed by atoms with van der Waals surface area (Å²) in [6.45, 7) is 11.4. The summed E-state index contributed by atoms with van der Waals surface area (Å²) < 4.78 is 0. The molecule has 0 saturated heterocycles. The van der Waals surface area contributed by atoms with Crippen molar-refractivity contribution < 1.29 is 9.90 Å². The first-order valence-corrected chi connectivity index (χ1v) is 6.23. The van der Waals surface area contributed by atoms with Crippen molar-refractivity contribution in [2.45, 2.75) is 34.1 Å². The van der Waals surface area contributed by atoms with Gasteiger partial charge in [0.05, 0.1) is 5.92 Å². The molecule has 0 aromatic heterocycles. The lowest BCUT2D eigenvalue weighted by Crippen LogP contribution is -2.12. The van der Waals surface area contributed by atoms with Gasteiger partial charge in [-0.25, -0.2) is 0 Å². The lowest BCUT2D eigenvalue weighted by molar-refractivity contribution is -0.141. The minimum Gasteiger partial charge on any atom is -0.481 e. The number of aliphatic carboxylic acids is 1. The largest absolute Gasteiger partial charge is 0.481 e. The quantitative estimate of drug-likeness (QED) is 0.831. The lowest BCUT2D eigenvalue weighted by atomic mass is 10.0. The van der Waals surface area contributed by atoms with E-state index in [-0.39, 0.29) is 5.92 Å². The average molecular weight is 249 g/mol. The van der Waals surface area contributed by atoms with Gasteiger partial charge < -0.3 is 10.4 Å². The first-order chi connectivity index (χ1) is 8.49. The molecule has 1 unspecified atom stereocenters. The SMILES string of the molecule is C=C(C)Nc1ccc(CC(C)C(=O)O)cc1.CC. The maximum absolute atomic E-state index is 10.7. The second kappa shape index (κ2) is 8.34. The van der Waals surface area contributed by atoms with Crippen LogP contribution in [0.5, 0.6) is 0 Å². The second-order valence-corrected chi connectivity index (χ2v) is 4.05. The molecule has 3 heteroatoms. The molecule has 0 saturated carbocycles. The smallest absolute Gasteiger partial charge is 0.306 e. The van der Waals surface area contributed by atoms with E-state index in [0.29, 0.717) is 6.42 Å². The van der Waals surface area contributed by atoms with E-state index in [2.05, 4.69) is 11.9 Å². The number of anilines is 1. The fraction of sp³-hybridized carbons (Fsp3) is 0.400. The number of carboxylic acids is 1. The summed E-state index contributed by atoms with van der Waals surface area (Å²) in [7, 11) is 0. The zero-order chi connectivity index (χ0) is 14.1. The molecule has 1 atom stereocenters. The molecule has 1 aromatic carbocycles. The summed E-state index contributed by atoms with van der Waals surface area (Å²) >= 11 is 0. The molecule has 0 aliphatic rings. The Labute approximate surface area is 110 Å². The molecule has 0 bridgehead atoms. The molecule has 0 aliphatic heterocycles. The third-order valence-corrected chi connectivity index (χ3v) is 2.28. The number of carbonyl (C=O) groups is 1. The summed E-state index contributed by atoms with van der Waals surface area (Å²) in [4.78, 5) is 10.7. The van der Waals surface area contributed by atoms with Crippen LogP contribution in [0.15, 0.2) is 36.5 Å². The van der Waals surface area contributed by atoms with Gasteiger partial charge in [0, 0.05) is 11.4 Å². The summed E-state index contributed by atoms with van der Waals surface area (Å²) in [5.41, 5.74) is 2.88. The van der Waals surface area contributed by atoms with E-state index in [1.165, 1.54) is 0 Å². The minimum absolute atomic E-state index is 0.347. The summed E-state index contributed by atoms with van der Waals surface area (Å²) in [6, 6.07) is 7.73. The van der Waals surface area contributed by atoms with Gasteiger partial charge in [0.2, 0.25) is 0 Å². The molecule has 1 aromatic rings. The molecule has 0 aliphatic carbocycles. The molecule has 100 valence electrons. The van der Waals surface area contributed by atoms with Crippen LogP contribution in [-0.4, -0.2) is 11.1 Å². The highest BCUT2D eigenvalue weighted by Crippen LogP contribution is 2.14. The molecule has 0 spiro atoms. The van der Waals surface area contributed by atoms with Gasteiger partial charge in [-0.3, -0.25) is 4.79 Å². The van der Waals surface area contributed by atoms with Gasteiger partial charge in [-0.2, -0.15) is 0 Å². The molecule has 18 heavy (non-hydrogen) atoms. The van der Waals surface area contributed by atoms with Gasteiger partial charge >= 0.3 is 5.97 Å².